The second-order valence-corrected chi connectivity index (χ2v) is 4.68. The number of hydrogen-bond donors (Lipinski definition) is 1. The third-order valence-electron chi connectivity index (χ3n) is 1.65. The Morgan fingerprint density at radius 1 is 1.53 bits per heavy atom. The quantitative estimate of drug-likeness (QED) is 0.510. The standard InChI is InChI=1S/C6H4ClF2N3O4S/c7-5-4(12(13)14)3(17(10,15)16)1-2(11-5)6(8)9/h1,6H,(H2,10,15,16). The Balaban J connectivity index is 3.69. The van der Waals surface area contributed by atoms with E-state index in [2.05, 4.69) is 10.1 Å². The molecular weight excluding hydrogens is 284 g/mol. The molecule has 1 aromatic rings. The third kappa shape index (κ3) is 2.84. The van der Waals surface area contributed by atoms with E-state index in [-0.39, 0.29) is 0 Å². The average Bonchev–Trinajstić information content (AvgIpc) is 2.14. The van der Waals surface area contributed by atoms with Crippen molar-refractivity contribution in [1.82, 2.24) is 4.98 Å². The zero-order chi connectivity index (χ0) is 13.4. The van der Waals surface area contributed by atoms with Crippen LogP contribution in [-0.4, -0.2) is 18.3 Å². The highest BCUT2D eigenvalue weighted by molar-refractivity contribution is 7.89. The van der Waals surface area contributed by atoms with Gasteiger partial charge in [-0.05, 0) is 6.07 Å². The van der Waals surface area contributed by atoms with E-state index in [1.165, 1.54) is 0 Å². The predicted molar refractivity (Wildman–Crippen MR) is 52.2 cm³/mol. The van der Waals surface area contributed by atoms with E-state index in [4.69, 9.17) is 11.6 Å². The van der Waals surface area contributed by atoms with Gasteiger partial charge in [0.25, 0.3) is 6.43 Å². The van der Waals surface area contributed by atoms with Crippen LogP contribution in [0.1, 0.15) is 12.1 Å². The van der Waals surface area contributed by atoms with Gasteiger partial charge in [0.15, 0.2) is 4.90 Å². The zero-order valence-corrected chi connectivity index (χ0v) is 9.37. The van der Waals surface area contributed by atoms with Crippen molar-refractivity contribution in [1.29, 1.82) is 0 Å². The molecule has 0 bridgehead atoms. The third-order valence-corrected chi connectivity index (χ3v) is 2.84. The van der Waals surface area contributed by atoms with Crippen molar-refractivity contribution in [2.75, 3.05) is 0 Å². The van der Waals surface area contributed by atoms with Gasteiger partial charge in [0, 0.05) is 0 Å². The molecule has 94 valence electrons. The number of halogens is 3. The summed E-state index contributed by atoms with van der Waals surface area (Å²) in [7, 11) is -4.56. The summed E-state index contributed by atoms with van der Waals surface area (Å²) < 4.78 is 46.7. The Bertz CT molecular complexity index is 577. The summed E-state index contributed by atoms with van der Waals surface area (Å²) in [5, 5.41) is 14.3. The number of sulfonamides is 1. The molecule has 11 heteroatoms. The summed E-state index contributed by atoms with van der Waals surface area (Å²) in [4.78, 5) is 11.3. The van der Waals surface area contributed by atoms with E-state index in [0.717, 1.165) is 0 Å². The highest BCUT2D eigenvalue weighted by Crippen LogP contribution is 2.32. The Morgan fingerprint density at radius 2 is 2.06 bits per heavy atom. The molecule has 0 aliphatic carbocycles. The molecule has 0 atom stereocenters. The van der Waals surface area contributed by atoms with Crippen molar-refractivity contribution in [2.24, 2.45) is 5.14 Å². The van der Waals surface area contributed by atoms with Crippen LogP contribution in [-0.2, 0) is 10.0 Å². The summed E-state index contributed by atoms with van der Waals surface area (Å²) in [6.07, 6.45) is -3.13. The van der Waals surface area contributed by atoms with Gasteiger partial charge in [0.05, 0.1) is 4.92 Å². The molecule has 0 saturated carbocycles. The van der Waals surface area contributed by atoms with E-state index in [1.807, 2.05) is 0 Å². The van der Waals surface area contributed by atoms with Crippen molar-refractivity contribution in [3.05, 3.63) is 27.0 Å². The van der Waals surface area contributed by atoms with Crippen LogP contribution in [0.2, 0.25) is 5.15 Å². The molecule has 7 nitrogen and oxygen atoms in total. The number of nitrogens with two attached hydrogens (primary N) is 1. The van der Waals surface area contributed by atoms with Gasteiger partial charge in [0.2, 0.25) is 15.2 Å². The van der Waals surface area contributed by atoms with Gasteiger partial charge in [-0.2, -0.15) is 0 Å². The molecule has 0 saturated heterocycles. The average molecular weight is 288 g/mol. The Morgan fingerprint density at radius 3 is 2.41 bits per heavy atom. The Kier molecular flexibility index (Phi) is 3.59. The minimum absolute atomic E-state index is 0.323. The maximum atomic E-state index is 12.3. The number of nitro groups is 1. The van der Waals surface area contributed by atoms with Gasteiger partial charge in [-0.3, -0.25) is 10.1 Å². The lowest BCUT2D eigenvalue weighted by atomic mass is 10.3. The fraction of sp³-hybridized carbons (Fsp3) is 0.167. The molecule has 0 radical (unpaired) electrons. The first-order valence-electron chi connectivity index (χ1n) is 3.80. The van der Waals surface area contributed by atoms with Crippen LogP contribution >= 0.6 is 11.6 Å². The first-order chi connectivity index (χ1) is 7.64. The Labute approximate surface area is 98.4 Å². The highest BCUT2D eigenvalue weighted by atomic mass is 35.5. The van der Waals surface area contributed by atoms with Gasteiger partial charge in [-0.1, -0.05) is 11.6 Å². The van der Waals surface area contributed by atoms with Crippen LogP contribution in [0.5, 0.6) is 0 Å². The number of pyridine rings is 1. The zero-order valence-electron chi connectivity index (χ0n) is 7.80. The maximum Gasteiger partial charge on any atom is 0.326 e. The number of alkyl halides is 2. The molecule has 0 unspecified atom stereocenters. The molecule has 2 N–H and O–H groups in total. The van der Waals surface area contributed by atoms with E-state index in [9.17, 15) is 27.3 Å². The minimum Gasteiger partial charge on any atom is -0.258 e. The van der Waals surface area contributed by atoms with Crippen LogP contribution in [0.4, 0.5) is 14.5 Å². The summed E-state index contributed by atoms with van der Waals surface area (Å²) in [6, 6.07) is 0.323. The summed E-state index contributed by atoms with van der Waals surface area (Å²) in [6.45, 7) is 0. The lowest BCUT2D eigenvalue weighted by Gasteiger charge is -2.05. The van der Waals surface area contributed by atoms with Gasteiger partial charge in [-0.15, -0.1) is 0 Å². The van der Waals surface area contributed by atoms with Crippen molar-refractivity contribution < 1.29 is 22.1 Å². The summed E-state index contributed by atoms with van der Waals surface area (Å²) in [5.74, 6) is 0. The predicted octanol–water partition coefficient (Wildman–Crippen LogP) is 1.23. The molecule has 0 aromatic carbocycles. The van der Waals surface area contributed by atoms with E-state index in [0.29, 0.717) is 6.07 Å². The lowest BCUT2D eigenvalue weighted by molar-refractivity contribution is -0.388. The first-order valence-corrected chi connectivity index (χ1v) is 5.72. The van der Waals surface area contributed by atoms with Crippen LogP contribution in [0.25, 0.3) is 0 Å². The second kappa shape index (κ2) is 4.47. The Hall–Kier alpha value is -1.39. The largest absolute Gasteiger partial charge is 0.326 e. The fourth-order valence-electron chi connectivity index (χ4n) is 0.997. The van der Waals surface area contributed by atoms with Gasteiger partial charge in [0.1, 0.15) is 5.69 Å². The maximum absolute atomic E-state index is 12.3. The van der Waals surface area contributed by atoms with Crippen molar-refractivity contribution in [3.63, 3.8) is 0 Å². The number of nitrogens with zero attached hydrogens (tertiary/aromatic N) is 2. The van der Waals surface area contributed by atoms with Gasteiger partial charge < -0.3 is 0 Å². The molecule has 0 spiro atoms. The monoisotopic (exact) mass is 287 g/mol. The molecule has 1 aromatic heterocycles. The van der Waals surface area contributed by atoms with Crippen molar-refractivity contribution in [2.45, 2.75) is 11.3 Å². The molecule has 0 amide bonds. The smallest absolute Gasteiger partial charge is 0.258 e. The van der Waals surface area contributed by atoms with Gasteiger partial charge in [-0.25, -0.2) is 27.3 Å². The fourth-order valence-corrected chi connectivity index (χ4v) is 2.05. The number of aromatic nitrogens is 1. The lowest BCUT2D eigenvalue weighted by Crippen LogP contribution is -2.15. The molecule has 0 aliphatic heterocycles. The summed E-state index contributed by atoms with van der Waals surface area (Å²) >= 11 is 5.27. The van der Waals surface area contributed by atoms with Crippen LogP contribution in [0.3, 0.4) is 0 Å². The van der Waals surface area contributed by atoms with Crippen LogP contribution in [0.15, 0.2) is 11.0 Å². The van der Waals surface area contributed by atoms with Crippen molar-refractivity contribution in [3.8, 4) is 0 Å². The van der Waals surface area contributed by atoms with Gasteiger partial charge >= 0.3 is 5.69 Å². The van der Waals surface area contributed by atoms with Crippen LogP contribution < -0.4 is 5.14 Å². The molecule has 1 heterocycles. The van der Waals surface area contributed by atoms with Crippen LogP contribution in [0, 0.1) is 10.1 Å². The highest BCUT2D eigenvalue weighted by Gasteiger charge is 2.30. The molecule has 0 fully saturated rings. The molecule has 1 rings (SSSR count). The SMILES string of the molecule is NS(=O)(=O)c1cc(C(F)F)nc(Cl)c1[N+](=O)[O-]. The molecule has 0 aliphatic rings. The minimum atomic E-state index is -4.56. The number of primary sulfonamides is 1. The number of hydrogen-bond acceptors (Lipinski definition) is 5. The summed E-state index contributed by atoms with van der Waals surface area (Å²) in [5.41, 5.74) is -2.14. The number of rotatable bonds is 3. The van der Waals surface area contributed by atoms with E-state index in [1.54, 1.807) is 0 Å². The van der Waals surface area contributed by atoms with Crippen molar-refractivity contribution >= 4 is 27.3 Å². The molecular formula is C6H4ClF2N3O4S. The molecule has 17 heavy (non-hydrogen) atoms. The normalized spacial score (nSPS) is 11.8. The second-order valence-electron chi connectivity index (χ2n) is 2.79. The van der Waals surface area contributed by atoms with E-state index >= 15 is 0 Å². The first kappa shape index (κ1) is 13.7. The topological polar surface area (TPSA) is 116 Å². The van der Waals surface area contributed by atoms with E-state index < -0.39 is 42.8 Å².